The second-order valence-corrected chi connectivity index (χ2v) is 5.05. The first-order chi connectivity index (χ1) is 10.0. The molecule has 2 heterocycles. The van der Waals surface area contributed by atoms with Crippen LogP contribution in [0.15, 0.2) is 16.7 Å². The number of pyridine rings is 1. The van der Waals surface area contributed by atoms with Crippen LogP contribution in [0.4, 0.5) is 11.7 Å². The summed E-state index contributed by atoms with van der Waals surface area (Å²) >= 11 is 5.94. The van der Waals surface area contributed by atoms with Crippen LogP contribution in [0.3, 0.4) is 0 Å². The van der Waals surface area contributed by atoms with Crippen LogP contribution in [0.25, 0.3) is 0 Å². The monoisotopic (exact) mass is 308 g/mol. The lowest BCUT2D eigenvalue weighted by molar-refractivity contribution is 0.102. The van der Waals surface area contributed by atoms with Crippen LogP contribution in [-0.2, 0) is 0 Å². The Kier molecular flexibility index (Phi) is 4.80. The quantitative estimate of drug-likeness (QED) is 0.827. The van der Waals surface area contributed by atoms with Gasteiger partial charge in [0, 0.05) is 17.7 Å². The summed E-state index contributed by atoms with van der Waals surface area (Å²) in [5, 5.41) is 9.83. The third-order valence-corrected chi connectivity index (χ3v) is 3.19. The van der Waals surface area contributed by atoms with Gasteiger partial charge in [-0.05, 0) is 32.4 Å². The molecular formula is C14H17ClN4O2. The van der Waals surface area contributed by atoms with Gasteiger partial charge in [-0.15, -0.1) is 0 Å². The highest BCUT2D eigenvalue weighted by Gasteiger charge is 2.14. The summed E-state index contributed by atoms with van der Waals surface area (Å²) in [5.41, 5.74) is 1.94. The van der Waals surface area contributed by atoms with Crippen LogP contribution >= 0.6 is 11.6 Å². The molecule has 0 atom stereocenters. The van der Waals surface area contributed by atoms with Crippen LogP contribution < -0.4 is 10.6 Å². The maximum Gasteiger partial charge on any atom is 0.258 e. The Hall–Kier alpha value is -2.08. The number of halogens is 1. The minimum Gasteiger partial charge on any atom is -0.370 e. The first kappa shape index (κ1) is 15.3. The fraction of sp³-hybridized carbons (Fsp3) is 0.357. The first-order valence-corrected chi connectivity index (χ1v) is 7.04. The van der Waals surface area contributed by atoms with E-state index in [1.54, 1.807) is 6.07 Å². The maximum atomic E-state index is 12.2. The number of carbonyl (C=O) groups is 1. The Morgan fingerprint density at radius 2 is 2.14 bits per heavy atom. The van der Waals surface area contributed by atoms with Gasteiger partial charge in [-0.3, -0.25) is 10.1 Å². The topological polar surface area (TPSA) is 80.0 Å². The minimum atomic E-state index is -0.321. The van der Waals surface area contributed by atoms with Gasteiger partial charge in [0.1, 0.15) is 11.0 Å². The lowest BCUT2D eigenvalue weighted by Crippen LogP contribution is -2.13. The third kappa shape index (κ3) is 3.72. The standard InChI is InChI=1S/C14H17ClN4O2/c1-4-5-16-12-7-10(6-11(15)17-12)13(20)18-14-8(2)9(3)19-21-14/h6-7H,4-5H2,1-3H3,(H,16,17)(H,18,20). The van der Waals surface area contributed by atoms with Gasteiger partial charge in [-0.2, -0.15) is 0 Å². The van der Waals surface area contributed by atoms with Crippen LogP contribution in [0.2, 0.25) is 5.15 Å². The fourth-order valence-corrected chi connectivity index (χ4v) is 1.89. The number of aryl methyl sites for hydroxylation is 1. The first-order valence-electron chi connectivity index (χ1n) is 6.67. The molecule has 7 heteroatoms. The number of anilines is 2. The SMILES string of the molecule is CCCNc1cc(C(=O)Nc2onc(C)c2C)cc(Cl)n1. The summed E-state index contributed by atoms with van der Waals surface area (Å²) in [6.45, 7) is 6.44. The molecule has 0 aliphatic heterocycles. The number of rotatable bonds is 5. The van der Waals surface area contributed by atoms with E-state index < -0.39 is 0 Å². The highest BCUT2D eigenvalue weighted by Crippen LogP contribution is 2.20. The van der Waals surface area contributed by atoms with Crippen LogP contribution in [0.5, 0.6) is 0 Å². The molecular weight excluding hydrogens is 292 g/mol. The van der Waals surface area contributed by atoms with E-state index in [0.29, 0.717) is 17.3 Å². The number of aromatic nitrogens is 2. The van der Waals surface area contributed by atoms with Gasteiger partial charge >= 0.3 is 0 Å². The molecule has 0 aliphatic carbocycles. The molecule has 0 aliphatic rings. The predicted molar refractivity (Wildman–Crippen MR) is 82.0 cm³/mol. The van der Waals surface area contributed by atoms with E-state index in [0.717, 1.165) is 24.2 Å². The molecule has 2 rings (SSSR count). The van der Waals surface area contributed by atoms with Gasteiger partial charge in [-0.25, -0.2) is 4.98 Å². The van der Waals surface area contributed by atoms with E-state index in [4.69, 9.17) is 16.1 Å². The predicted octanol–water partition coefficient (Wildman–Crippen LogP) is 3.41. The number of amides is 1. The van der Waals surface area contributed by atoms with Crippen molar-refractivity contribution >= 4 is 29.2 Å². The average molecular weight is 309 g/mol. The number of carbonyl (C=O) groups excluding carboxylic acids is 1. The molecule has 2 aromatic rings. The Bertz CT molecular complexity index is 654. The zero-order valence-corrected chi connectivity index (χ0v) is 12.9. The van der Waals surface area contributed by atoms with Gasteiger partial charge in [0.2, 0.25) is 5.88 Å². The summed E-state index contributed by atoms with van der Waals surface area (Å²) in [5.74, 6) is 0.589. The van der Waals surface area contributed by atoms with Gasteiger partial charge in [0.05, 0.1) is 5.69 Å². The summed E-state index contributed by atoms with van der Waals surface area (Å²) in [4.78, 5) is 16.4. The zero-order valence-electron chi connectivity index (χ0n) is 12.2. The van der Waals surface area contributed by atoms with Crippen LogP contribution in [0.1, 0.15) is 35.0 Å². The maximum absolute atomic E-state index is 12.2. The fourth-order valence-electron chi connectivity index (χ4n) is 1.68. The molecule has 0 aromatic carbocycles. The summed E-state index contributed by atoms with van der Waals surface area (Å²) in [7, 11) is 0. The van der Waals surface area contributed by atoms with Crippen molar-refractivity contribution in [2.24, 2.45) is 0 Å². The van der Waals surface area contributed by atoms with E-state index in [1.165, 1.54) is 6.07 Å². The van der Waals surface area contributed by atoms with Crippen molar-refractivity contribution in [1.29, 1.82) is 0 Å². The molecule has 0 unspecified atom stereocenters. The molecule has 112 valence electrons. The van der Waals surface area contributed by atoms with Gasteiger partial charge in [0.15, 0.2) is 0 Å². The second-order valence-electron chi connectivity index (χ2n) is 4.67. The number of hydrogen-bond acceptors (Lipinski definition) is 5. The summed E-state index contributed by atoms with van der Waals surface area (Å²) in [6.07, 6.45) is 0.951. The Morgan fingerprint density at radius 1 is 1.38 bits per heavy atom. The van der Waals surface area contributed by atoms with Crippen LogP contribution in [-0.4, -0.2) is 22.6 Å². The van der Waals surface area contributed by atoms with E-state index >= 15 is 0 Å². The minimum absolute atomic E-state index is 0.256. The molecule has 6 nitrogen and oxygen atoms in total. The molecule has 2 aromatic heterocycles. The van der Waals surface area contributed by atoms with Crippen molar-refractivity contribution < 1.29 is 9.32 Å². The molecule has 21 heavy (non-hydrogen) atoms. The van der Waals surface area contributed by atoms with Gasteiger partial charge in [0.25, 0.3) is 5.91 Å². The Balaban J connectivity index is 2.18. The average Bonchev–Trinajstić information content (AvgIpc) is 2.76. The lowest BCUT2D eigenvalue weighted by Gasteiger charge is -2.07. The van der Waals surface area contributed by atoms with Crippen molar-refractivity contribution in [3.05, 3.63) is 34.1 Å². The Labute approximate surface area is 127 Å². The summed E-state index contributed by atoms with van der Waals surface area (Å²) in [6, 6.07) is 3.15. The van der Waals surface area contributed by atoms with E-state index in [-0.39, 0.29) is 11.1 Å². The van der Waals surface area contributed by atoms with Crippen molar-refractivity contribution in [1.82, 2.24) is 10.1 Å². The third-order valence-electron chi connectivity index (χ3n) is 3.00. The van der Waals surface area contributed by atoms with E-state index in [2.05, 4.69) is 20.8 Å². The molecule has 0 bridgehead atoms. The van der Waals surface area contributed by atoms with Crippen molar-refractivity contribution in [2.45, 2.75) is 27.2 Å². The second kappa shape index (κ2) is 6.58. The number of nitrogens with one attached hydrogen (secondary N) is 2. The smallest absolute Gasteiger partial charge is 0.258 e. The number of nitrogens with zero attached hydrogens (tertiary/aromatic N) is 2. The van der Waals surface area contributed by atoms with Crippen molar-refractivity contribution in [3.63, 3.8) is 0 Å². The van der Waals surface area contributed by atoms with Crippen molar-refractivity contribution in [2.75, 3.05) is 17.2 Å². The molecule has 0 saturated heterocycles. The zero-order chi connectivity index (χ0) is 15.4. The van der Waals surface area contributed by atoms with E-state index in [1.807, 2.05) is 20.8 Å². The largest absolute Gasteiger partial charge is 0.370 e. The lowest BCUT2D eigenvalue weighted by atomic mass is 10.2. The highest BCUT2D eigenvalue weighted by molar-refractivity contribution is 6.30. The van der Waals surface area contributed by atoms with E-state index in [9.17, 15) is 4.79 Å². The molecule has 0 fully saturated rings. The number of hydrogen-bond donors (Lipinski definition) is 2. The molecule has 0 spiro atoms. The Morgan fingerprint density at radius 3 is 2.76 bits per heavy atom. The van der Waals surface area contributed by atoms with Crippen LogP contribution in [0, 0.1) is 13.8 Å². The molecule has 1 amide bonds. The van der Waals surface area contributed by atoms with Gasteiger partial charge < -0.3 is 9.84 Å². The van der Waals surface area contributed by atoms with Crippen molar-refractivity contribution in [3.8, 4) is 0 Å². The highest BCUT2D eigenvalue weighted by atomic mass is 35.5. The molecule has 2 N–H and O–H groups in total. The molecule has 0 radical (unpaired) electrons. The summed E-state index contributed by atoms with van der Waals surface area (Å²) < 4.78 is 5.07. The van der Waals surface area contributed by atoms with Gasteiger partial charge in [-0.1, -0.05) is 23.7 Å². The molecule has 0 saturated carbocycles. The normalized spacial score (nSPS) is 10.5.